The van der Waals surface area contributed by atoms with Crippen LogP contribution in [0.25, 0.3) is 0 Å². The molecule has 1 aliphatic rings. The van der Waals surface area contributed by atoms with Crippen LogP contribution in [0.1, 0.15) is 65.0 Å². The van der Waals surface area contributed by atoms with Crippen LogP contribution in [-0.4, -0.2) is 53.8 Å². The third-order valence-corrected chi connectivity index (χ3v) is 5.81. The molecule has 1 aliphatic heterocycles. The minimum absolute atomic E-state index is 0. The summed E-state index contributed by atoms with van der Waals surface area (Å²) in [5, 5.41) is 17.1. The smallest absolute Gasteiger partial charge is 0.193 e. The largest absolute Gasteiger partial charge is 0.393 e. The molecule has 28 heavy (non-hydrogen) atoms. The van der Waals surface area contributed by atoms with E-state index < -0.39 is 0 Å². The van der Waals surface area contributed by atoms with Crippen molar-refractivity contribution >= 4 is 29.9 Å². The maximum atomic E-state index is 9.78. The normalized spacial score (nSPS) is 17.2. The molecule has 5 nitrogen and oxygen atoms in total. The topological polar surface area (TPSA) is 59.9 Å². The van der Waals surface area contributed by atoms with E-state index in [1.807, 2.05) is 0 Å². The van der Waals surface area contributed by atoms with E-state index in [2.05, 4.69) is 73.6 Å². The molecule has 2 rings (SSSR count). The van der Waals surface area contributed by atoms with Gasteiger partial charge in [-0.1, -0.05) is 44.2 Å². The van der Waals surface area contributed by atoms with Crippen LogP contribution in [-0.2, 0) is 0 Å². The summed E-state index contributed by atoms with van der Waals surface area (Å²) in [7, 11) is 0. The van der Waals surface area contributed by atoms with E-state index >= 15 is 0 Å². The third kappa shape index (κ3) is 7.19. The van der Waals surface area contributed by atoms with Crippen molar-refractivity contribution in [2.45, 2.75) is 71.1 Å². The summed E-state index contributed by atoms with van der Waals surface area (Å²) in [5.74, 6) is 0.977. The second-order valence-corrected chi connectivity index (χ2v) is 7.65. The fourth-order valence-corrected chi connectivity index (χ4v) is 3.74. The van der Waals surface area contributed by atoms with Crippen LogP contribution in [0, 0.1) is 0 Å². The van der Waals surface area contributed by atoms with Crippen molar-refractivity contribution in [2.75, 3.05) is 26.2 Å². The maximum Gasteiger partial charge on any atom is 0.193 e. The predicted molar refractivity (Wildman–Crippen MR) is 130 cm³/mol. The number of aliphatic imine (C=N–C) groups is 1. The Morgan fingerprint density at radius 1 is 1.18 bits per heavy atom. The third-order valence-electron chi connectivity index (χ3n) is 5.81. The quantitative estimate of drug-likeness (QED) is 0.287. The number of aliphatic hydroxyl groups excluding tert-OH is 1. The first-order valence-electron chi connectivity index (χ1n) is 10.6. The predicted octanol–water partition coefficient (Wildman–Crippen LogP) is 3.94. The van der Waals surface area contributed by atoms with Gasteiger partial charge in [-0.05, 0) is 45.1 Å². The molecule has 6 heteroatoms. The highest BCUT2D eigenvalue weighted by molar-refractivity contribution is 14.0. The summed E-state index contributed by atoms with van der Waals surface area (Å²) in [5.41, 5.74) is 1.29. The van der Waals surface area contributed by atoms with Gasteiger partial charge >= 0.3 is 0 Å². The molecular weight excluding hydrogens is 463 g/mol. The first-order chi connectivity index (χ1) is 13.0. The molecule has 1 saturated heterocycles. The fraction of sp³-hybridized carbons (Fsp3) is 0.682. The molecule has 0 spiro atoms. The second kappa shape index (κ2) is 12.6. The number of piperidine rings is 1. The Hall–Kier alpha value is -0.860. The summed E-state index contributed by atoms with van der Waals surface area (Å²) < 4.78 is 0. The van der Waals surface area contributed by atoms with Gasteiger partial charge in [-0.2, -0.15) is 0 Å². The van der Waals surface area contributed by atoms with Gasteiger partial charge in [0, 0.05) is 31.2 Å². The molecular formula is C22H39IN4O. The Balaban J connectivity index is 0.00000392. The Morgan fingerprint density at radius 2 is 1.79 bits per heavy atom. The van der Waals surface area contributed by atoms with E-state index in [1.54, 1.807) is 0 Å². The molecule has 160 valence electrons. The number of nitrogens with zero attached hydrogens (tertiary/aromatic N) is 2. The zero-order chi connectivity index (χ0) is 19.7. The van der Waals surface area contributed by atoms with Gasteiger partial charge in [0.2, 0.25) is 0 Å². The molecule has 0 bridgehead atoms. The Morgan fingerprint density at radius 3 is 2.32 bits per heavy atom. The van der Waals surface area contributed by atoms with Crippen LogP contribution in [0.15, 0.2) is 35.3 Å². The Bertz CT molecular complexity index is 569. The lowest BCUT2D eigenvalue weighted by molar-refractivity contribution is 0.108. The second-order valence-electron chi connectivity index (χ2n) is 7.65. The average molecular weight is 502 g/mol. The summed E-state index contributed by atoms with van der Waals surface area (Å²) in [6, 6.07) is 10.9. The number of aliphatic hydroxyl groups is 1. The number of hydrogen-bond acceptors (Lipinski definition) is 3. The lowest BCUT2D eigenvalue weighted by Crippen LogP contribution is -2.50. The molecule has 1 heterocycles. The lowest BCUT2D eigenvalue weighted by atomic mass is 9.90. The minimum Gasteiger partial charge on any atom is -0.393 e. The van der Waals surface area contributed by atoms with Gasteiger partial charge in [-0.3, -0.25) is 4.99 Å². The summed E-state index contributed by atoms with van der Waals surface area (Å²) in [4.78, 5) is 7.30. The number of rotatable bonds is 8. The van der Waals surface area contributed by atoms with E-state index in [0.29, 0.717) is 0 Å². The molecule has 0 aromatic heterocycles. The van der Waals surface area contributed by atoms with Crippen LogP contribution in [0.4, 0.5) is 0 Å². The molecule has 1 aromatic rings. The number of benzene rings is 1. The number of nitrogens with one attached hydrogen (secondary N) is 2. The van der Waals surface area contributed by atoms with E-state index in [1.165, 1.54) is 5.56 Å². The van der Waals surface area contributed by atoms with Gasteiger partial charge in [0.1, 0.15) is 0 Å². The molecule has 1 aromatic carbocycles. The molecule has 1 atom stereocenters. The highest BCUT2D eigenvalue weighted by Crippen LogP contribution is 2.23. The van der Waals surface area contributed by atoms with Crippen LogP contribution in [0.2, 0.25) is 0 Å². The van der Waals surface area contributed by atoms with Gasteiger partial charge in [-0.25, -0.2) is 0 Å². The number of guanidine groups is 1. The minimum atomic E-state index is -0.164. The van der Waals surface area contributed by atoms with Crippen molar-refractivity contribution in [2.24, 2.45) is 4.99 Å². The van der Waals surface area contributed by atoms with Crippen molar-refractivity contribution in [1.82, 2.24) is 15.5 Å². The zero-order valence-corrected chi connectivity index (χ0v) is 20.3. The highest BCUT2D eigenvalue weighted by Gasteiger charge is 2.29. The van der Waals surface area contributed by atoms with E-state index in [0.717, 1.165) is 57.8 Å². The van der Waals surface area contributed by atoms with Crippen molar-refractivity contribution in [3.63, 3.8) is 0 Å². The van der Waals surface area contributed by atoms with Gasteiger partial charge in [-0.15, -0.1) is 24.0 Å². The van der Waals surface area contributed by atoms with Gasteiger partial charge < -0.3 is 20.6 Å². The lowest BCUT2D eigenvalue weighted by Gasteiger charge is -2.37. The highest BCUT2D eigenvalue weighted by atomic mass is 127. The van der Waals surface area contributed by atoms with Crippen molar-refractivity contribution in [3.05, 3.63) is 35.9 Å². The van der Waals surface area contributed by atoms with E-state index in [-0.39, 0.29) is 41.7 Å². The first-order valence-corrected chi connectivity index (χ1v) is 10.6. The van der Waals surface area contributed by atoms with Crippen LogP contribution in [0.5, 0.6) is 0 Å². The number of likely N-dealkylation sites (tertiary alicyclic amines) is 1. The monoisotopic (exact) mass is 502 g/mol. The molecule has 0 saturated carbocycles. The maximum absolute atomic E-state index is 9.78. The van der Waals surface area contributed by atoms with Gasteiger partial charge in [0.15, 0.2) is 5.96 Å². The zero-order valence-electron chi connectivity index (χ0n) is 17.9. The van der Waals surface area contributed by atoms with E-state index in [9.17, 15) is 5.11 Å². The standard InChI is InChI=1S/C22H38N4O.HI/c1-5-22(6-2,25-18(4)19-11-9-8-10-12-19)17-24-21(23-7-3)26-15-13-20(27)14-16-26;/h8-12,18,20,25,27H,5-7,13-17H2,1-4H3,(H,23,24);1H. The summed E-state index contributed by atoms with van der Waals surface area (Å²) in [6.45, 7) is 12.2. The fourth-order valence-electron chi connectivity index (χ4n) is 3.74. The average Bonchev–Trinajstić information content (AvgIpc) is 2.71. The molecule has 0 radical (unpaired) electrons. The van der Waals surface area contributed by atoms with Crippen LogP contribution in [0.3, 0.4) is 0 Å². The number of halogens is 1. The van der Waals surface area contributed by atoms with Crippen molar-refractivity contribution in [3.8, 4) is 0 Å². The Kier molecular flexibility index (Phi) is 11.4. The summed E-state index contributed by atoms with van der Waals surface area (Å²) >= 11 is 0. The number of hydrogen-bond donors (Lipinski definition) is 3. The Labute approximate surface area is 188 Å². The van der Waals surface area contributed by atoms with Crippen LogP contribution < -0.4 is 10.6 Å². The summed E-state index contributed by atoms with van der Waals surface area (Å²) in [6.07, 6.45) is 3.54. The molecule has 0 amide bonds. The first kappa shape index (κ1) is 25.2. The van der Waals surface area contributed by atoms with Gasteiger partial charge in [0.05, 0.1) is 12.6 Å². The molecule has 1 unspecified atom stereocenters. The SMILES string of the molecule is CCNC(=NCC(CC)(CC)NC(C)c1ccccc1)N1CCC(O)CC1.I. The van der Waals surface area contributed by atoms with Crippen molar-refractivity contribution < 1.29 is 5.11 Å². The van der Waals surface area contributed by atoms with Crippen molar-refractivity contribution in [1.29, 1.82) is 0 Å². The molecule has 3 N–H and O–H groups in total. The molecule has 0 aliphatic carbocycles. The van der Waals surface area contributed by atoms with E-state index in [4.69, 9.17) is 4.99 Å². The van der Waals surface area contributed by atoms with Crippen LogP contribution >= 0.6 is 24.0 Å². The molecule has 1 fully saturated rings. The van der Waals surface area contributed by atoms with Gasteiger partial charge in [0.25, 0.3) is 0 Å².